The van der Waals surface area contributed by atoms with Crippen LogP contribution in [0.1, 0.15) is 27.2 Å². The number of aliphatic carboxylic acids is 1. The highest BCUT2D eigenvalue weighted by atomic mass is 32.9. The maximum absolute atomic E-state index is 11.7. The molecule has 0 aromatic rings. The molecule has 0 aliphatic rings. The zero-order valence-electron chi connectivity index (χ0n) is 11.0. The summed E-state index contributed by atoms with van der Waals surface area (Å²) in [6.45, 7) is 7.24. The lowest BCUT2D eigenvalue weighted by Gasteiger charge is -2.30. The molecule has 1 N–H and O–H groups in total. The van der Waals surface area contributed by atoms with Gasteiger partial charge in [0.1, 0.15) is 5.47 Å². The van der Waals surface area contributed by atoms with Crippen molar-refractivity contribution in [1.29, 1.82) is 0 Å². The Balaban J connectivity index is 4.36. The van der Waals surface area contributed by atoms with E-state index in [1.165, 1.54) is 18.3 Å². The highest BCUT2D eigenvalue weighted by Crippen LogP contribution is 2.56. The molecule has 0 bridgehead atoms. The molecule has 0 spiro atoms. The molecule has 1 amide bonds. The second kappa shape index (κ2) is 7.48. The van der Waals surface area contributed by atoms with Crippen LogP contribution in [0.5, 0.6) is 0 Å². The topological polar surface area (TPSA) is 78.5 Å². The summed E-state index contributed by atoms with van der Waals surface area (Å²) in [6, 6.07) is 0. The molecule has 0 aromatic heterocycles. The fraction of sp³-hybridized carbons (Fsp3) is 0.800. The molecule has 0 fully saturated rings. The minimum atomic E-state index is -2.02. The van der Waals surface area contributed by atoms with Crippen LogP contribution in [-0.2, 0) is 25.9 Å². The number of rotatable bonds is 8. The van der Waals surface area contributed by atoms with Crippen LogP contribution >= 0.6 is 16.8 Å². The van der Waals surface area contributed by atoms with E-state index < -0.39 is 17.0 Å². The van der Waals surface area contributed by atoms with Crippen LogP contribution in [0.25, 0.3) is 0 Å². The van der Waals surface area contributed by atoms with Crippen LogP contribution in [0.3, 0.4) is 0 Å². The Hall–Kier alpha value is -0.100. The predicted molar refractivity (Wildman–Crippen MR) is 76.1 cm³/mol. The smallest absolute Gasteiger partial charge is 0.231 e. The fourth-order valence-electron chi connectivity index (χ4n) is 1.08. The van der Waals surface area contributed by atoms with Gasteiger partial charge in [-0.25, -0.2) is 0 Å². The molecule has 0 saturated heterocycles. The minimum Gasteiger partial charge on any atom is -0.548 e. The summed E-state index contributed by atoms with van der Waals surface area (Å²) in [5, 5.41) is 13.4. The molecule has 8 heteroatoms. The van der Waals surface area contributed by atoms with Gasteiger partial charge < -0.3 is 19.7 Å². The van der Waals surface area contributed by atoms with Gasteiger partial charge in [-0.15, -0.1) is 0 Å². The van der Waals surface area contributed by atoms with Gasteiger partial charge in [-0.2, -0.15) is 0 Å². The van der Waals surface area contributed by atoms with Crippen LogP contribution in [0.15, 0.2) is 0 Å². The summed E-state index contributed by atoms with van der Waals surface area (Å²) in [5.74, 6) is -1.56. The van der Waals surface area contributed by atoms with Gasteiger partial charge in [-0.05, 0) is 26.9 Å². The van der Waals surface area contributed by atoms with Crippen molar-refractivity contribution in [2.45, 2.75) is 32.7 Å². The van der Waals surface area contributed by atoms with Crippen molar-refractivity contribution in [3.8, 4) is 0 Å². The number of hydrogen-bond acceptors (Lipinski definition) is 6. The second-order valence-corrected chi connectivity index (χ2v) is 12.0. The van der Waals surface area contributed by atoms with Gasteiger partial charge in [0, 0.05) is 6.61 Å². The van der Waals surface area contributed by atoms with E-state index in [1.807, 2.05) is 6.92 Å². The lowest BCUT2D eigenvalue weighted by Crippen LogP contribution is -2.58. The van der Waals surface area contributed by atoms with E-state index in [9.17, 15) is 14.7 Å². The first-order valence-corrected chi connectivity index (χ1v) is 10.3. The monoisotopic (exact) mass is 312 g/mol. The molecule has 0 unspecified atom stereocenters. The van der Waals surface area contributed by atoms with Crippen LogP contribution in [0, 0.1) is 0 Å². The zero-order chi connectivity index (χ0) is 14.4. The maximum atomic E-state index is 11.7. The molecule has 2 atom stereocenters. The molecule has 0 radical (unpaired) electrons. The van der Waals surface area contributed by atoms with Gasteiger partial charge in [-0.3, -0.25) is 4.79 Å². The summed E-state index contributed by atoms with van der Waals surface area (Å²) in [6.07, 6.45) is 0.261. The van der Waals surface area contributed by atoms with Gasteiger partial charge in [-0.1, -0.05) is 30.1 Å². The van der Waals surface area contributed by atoms with Gasteiger partial charge >= 0.3 is 0 Å². The van der Waals surface area contributed by atoms with Crippen molar-refractivity contribution in [2.75, 3.05) is 19.0 Å². The van der Waals surface area contributed by atoms with Gasteiger partial charge in [0.2, 0.25) is 5.91 Å². The average molecular weight is 312 g/mol. The summed E-state index contributed by atoms with van der Waals surface area (Å²) >= 11 is 6.48. The standard InChI is InChI=1S/C10H20NO4PS2/c1-5-10(3,9(13)14)11-8(12)7-18-16(4,17)15-6-2/h5-7H2,1-4H3,(H,11,12)(H,13,14)/p-1/t10-,16-/m1/s1. The minimum absolute atomic E-state index is 0.0939. The summed E-state index contributed by atoms with van der Waals surface area (Å²) < 4.78 is 5.36. The Morgan fingerprint density at radius 2 is 2.06 bits per heavy atom. The largest absolute Gasteiger partial charge is 0.548 e. The molecule has 18 heavy (non-hydrogen) atoms. The summed E-state index contributed by atoms with van der Waals surface area (Å²) in [5.41, 5.74) is -3.35. The van der Waals surface area contributed by atoms with E-state index in [0.717, 1.165) is 0 Å². The molecule has 5 nitrogen and oxygen atoms in total. The van der Waals surface area contributed by atoms with Crippen LogP contribution < -0.4 is 10.4 Å². The van der Waals surface area contributed by atoms with E-state index in [4.69, 9.17) is 16.3 Å². The number of nitrogens with one attached hydrogen (secondary N) is 1. The van der Waals surface area contributed by atoms with Crippen molar-refractivity contribution < 1.29 is 19.2 Å². The van der Waals surface area contributed by atoms with Crippen molar-refractivity contribution in [3.05, 3.63) is 0 Å². The van der Waals surface area contributed by atoms with Crippen LogP contribution in [0.4, 0.5) is 0 Å². The number of amides is 1. The quantitative estimate of drug-likeness (QED) is 0.666. The van der Waals surface area contributed by atoms with Crippen molar-refractivity contribution in [2.24, 2.45) is 0 Å². The van der Waals surface area contributed by atoms with Crippen molar-refractivity contribution in [3.63, 3.8) is 0 Å². The predicted octanol–water partition coefficient (Wildman–Crippen LogP) is 0.730. The van der Waals surface area contributed by atoms with Crippen LogP contribution in [-0.4, -0.2) is 36.4 Å². The number of carboxylic acid groups (broad SMARTS) is 1. The molecular weight excluding hydrogens is 293 g/mol. The molecule has 0 aliphatic heterocycles. The van der Waals surface area contributed by atoms with Gasteiger partial charge in [0.05, 0.1) is 17.3 Å². The summed E-state index contributed by atoms with van der Waals surface area (Å²) in [4.78, 5) is 22.6. The lowest BCUT2D eigenvalue weighted by atomic mass is 9.99. The molecule has 0 heterocycles. The summed E-state index contributed by atoms with van der Waals surface area (Å²) in [7, 11) is 0. The Morgan fingerprint density at radius 1 is 1.50 bits per heavy atom. The number of carbonyl (C=O) groups excluding carboxylic acids is 2. The third-order valence-electron chi connectivity index (χ3n) is 2.37. The Bertz CT molecular complexity index is 364. The van der Waals surface area contributed by atoms with E-state index in [2.05, 4.69) is 5.32 Å². The second-order valence-electron chi connectivity index (χ2n) is 3.98. The lowest BCUT2D eigenvalue weighted by molar-refractivity contribution is -0.313. The first-order valence-electron chi connectivity index (χ1n) is 5.56. The maximum Gasteiger partial charge on any atom is 0.231 e. The zero-order valence-corrected chi connectivity index (χ0v) is 13.5. The highest BCUT2D eigenvalue weighted by Gasteiger charge is 2.26. The first-order chi connectivity index (χ1) is 8.17. The highest BCUT2D eigenvalue weighted by molar-refractivity contribution is 8.69. The molecule has 0 aromatic carbocycles. The van der Waals surface area contributed by atoms with E-state index in [-0.39, 0.29) is 18.1 Å². The number of carbonyl (C=O) groups is 2. The number of carboxylic acids is 1. The number of hydrogen-bond donors (Lipinski definition) is 1. The van der Waals surface area contributed by atoms with Gasteiger partial charge in [0.15, 0.2) is 0 Å². The Morgan fingerprint density at radius 3 is 2.44 bits per heavy atom. The third-order valence-corrected chi connectivity index (χ3v) is 7.33. The molecule has 0 aliphatic carbocycles. The Kier molecular flexibility index (Phi) is 7.44. The molecular formula is C10H19NO4PS2-. The Labute approximate surface area is 117 Å². The normalized spacial score (nSPS) is 17.6. The van der Waals surface area contributed by atoms with E-state index in [0.29, 0.717) is 6.61 Å². The average Bonchev–Trinajstić information content (AvgIpc) is 2.26. The third kappa shape index (κ3) is 6.18. The molecule has 106 valence electrons. The van der Waals surface area contributed by atoms with Crippen LogP contribution in [0.2, 0.25) is 0 Å². The molecule has 0 saturated carbocycles. The first kappa shape index (κ1) is 17.9. The van der Waals surface area contributed by atoms with E-state index in [1.54, 1.807) is 13.6 Å². The van der Waals surface area contributed by atoms with Crippen molar-refractivity contribution in [1.82, 2.24) is 5.32 Å². The SMILES string of the molecule is CCO[P@](C)(=S)SCC(=O)N[C@](C)(CC)C(=O)[O-]. The van der Waals surface area contributed by atoms with E-state index >= 15 is 0 Å². The van der Waals surface area contributed by atoms with Gasteiger partial charge in [0.25, 0.3) is 0 Å². The molecule has 0 rings (SSSR count). The van der Waals surface area contributed by atoms with Crippen molar-refractivity contribution >= 4 is 40.5 Å². The fourth-order valence-corrected chi connectivity index (χ4v) is 4.43.